The number of pyridine rings is 1. The molecule has 0 aliphatic rings. The molecule has 0 radical (unpaired) electrons. The van der Waals surface area contributed by atoms with Crippen molar-refractivity contribution in [1.29, 1.82) is 0 Å². The van der Waals surface area contributed by atoms with E-state index in [1.807, 2.05) is 0 Å². The topological polar surface area (TPSA) is 108 Å². The number of aromatic amines is 1. The fourth-order valence-corrected chi connectivity index (χ4v) is 2.34. The minimum absolute atomic E-state index is 0.0947. The molecule has 1 heterocycles. The smallest absolute Gasteiger partial charge is 0.286 e. The molecule has 1 amide bonds. The number of hydrogen-bond acceptors (Lipinski definition) is 5. The highest BCUT2D eigenvalue weighted by molar-refractivity contribution is 5.94. The molecule has 2 N–H and O–H groups in total. The number of nitrogens with one attached hydrogen (secondary N) is 2. The third-order valence-corrected chi connectivity index (χ3v) is 3.66. The van der Waals surface area contributed by atoms with E-state index >= 15 is 0 Å². The third-order valence-electron chi connectivity index (χ3n) is 3.66. The molecule has 0 aliphatic carbocycles. The van der Waals surface area contributed by atoms with E-state index in [-0.39, 0.29) is 23.8 Å². The number of nitrogens with zero attached hydrogens (tertiary/aromatic N) is 2. The predicted molar refractivity (Wildman–Crippen MR) is 88.9 cm³/mol. The summed E-state index contributed by atoms with van der Waals surface area (Å²) in [5.74, 6) is -1.14. The molecule has 1 aromatic carbocycles. The second-order valence-electron chi connectivity index (χ2n) is 5.60. The lowest BCUT2D eigenvalue weighted by Gasteiger charge is -2.25. The number of rotatable bonds is 6. The number of carbonyl (C=O) groups is 1. The third kappa shape index (κ3) is 4.48. The highest BCUT2D eigenvalue weighted by Gasteiger charge is 2.19. The summed E-state index contributed by atoms with van der Waals surface area (Å²) in [6, 6.07) is 6.54. The molecular weight excluding hydrogens is 331 g/mol. The van der Waals surface area contributed by atoms with E-state index in [0.717, 1.165) is 12.3 Å². The summed E-state index contributed by atoms with van der Waals surface area (Å²) in [4.78, 5) is 38.0. The minimum atomic E-state index is -0.742. The normalized spacial score (nSPS) is 12.0. The van der Waals surface area contributed by atoms with E-state index in [0.29, 0.717) is 5.56 Å². The van der Waals surface area contributed by atoms with Gasteiger partial charge in [0.25, 0.3) is 17.2 Å². The first kappa shape index (κ1) is 18.3. The second-order valence-corrected chi connectivity index (χ2v) is 5.60. The Bertz CT molecular complexity index is 850. The lowest BCUT2D eigenvalue weighted by atomic mass is 10.1. The van der Waals surface area contributed by atoms with Crippen LogP contribution in [0.15, 0.2) is 41.3 Å². The van der Waals surface area contributed by atoms with Crippen molar-refractivity contribution < 1.29 is 14.1 Å². The Morgan fingerprint density at radius 1 is 1.40 bits per heavy atom. The van der Waals surface area contributed by atoms with Gasteiger partial charge in [-0.3, -0.25) is 19.7 Å². The van der Waals surface area contributed by atoms with Crippen molar-refractivity contribution in [3.8, 4) is 0 Å². The second kappa shape index (κ2) is 7.67. The molecular formula is C16H17FN4O4. The standard InChI is InChI=1S/C16H17FN4O4/c1-20(2)14(10-4-3-5-11(17)6-10)9-19-16(23)13-7-12(21(24)25)8-18-15(13)22/h3-8,14H,9H2,1-2H3,(H,18,22)(H,19,23). The summed E-state index contributed by atoms with van der Waals surface area (Å²) in [6.07, 6.45) is 0.925. The SMILES string of the molecule is CN(C)C(CNC(=O)c1cc([N+](=O)[O-])c[nH]c1=O)c1cccc(F)c1. The van der Waals surface area contributed by atoms with Crippen molar-refractivity contribution in [2.45, 2.75) is 6.04 Å². The number of carbonyl (C=O) groups excluding carboxylic acids is 1. The molecule has 0 spiro atoms. The van der Waals surface area contributed by atoms with Crippen LogP contribution in [0.4, 0.5) is 10.1 Å². The maximum absolute atomic E-state index is 13.4. The van der Waals surface area contributed by atoms with Crippen LogP contribution in [0.2, 0.25) is 0 Å². The van der Waals surface area contributed by atoms with E-state index < -0.39 is 22.2 Å². The van der Waals surface area contributed by atoms with Gasteiger partial charge in [0.1, 0.15) is 11.4 Å². The first-order valence-electron chi connectivity index (χ1n) is 7.37. The quantitative estimate of drug-likeness (QED) is 0.607. The molecule has 8 nitrogen and oxygen atoms in total. The van der Waals surface area contributed by atoms with Crippen LogP contribution in [0.3, 0.4) is 0 Å². The molecule has 25 heavy (non-hydrogen) atoms. The summed E-state index contributed by atoms with van der Waals surface area (Å²) < 4.78 is 13.4. The minimum Gasteiger partial charge on any atom is -0.350 e. The zero-order valence-electron chi connectivity index (χ0n) is 13.7. The summed E-state index contributed by atoms with van der Waals surface area (Å²) in [6.45, 7) is 0.0947. The van der Waals surface area contributed by atoms with E-state index in [4.69, 9.17) is 0 Å². The summed E-state index contributed by atoms with van der Waals surface area (Å²) >= 11 is 0. The first-order valence-corrected chi connectivity index (χ1v) is 7.37. The number of nitro groups is 1. The van der Waals surface area contributed by atoms with Gasteiger partial charge in [-0.25, -0.2) is 4.39 Å². The Morgan fingerprint density at radius 3 is 2.72 bits per heavy atom. The summed E-state index contributed by atoms with van der Waals surface area (Å²) in [5, 5.41) is 13.3. The molecule has 0 fully saturated rings. The fourth-order valence-electron chi connectivity index (χ4n) is 2.34. The molecule has 1 aromatic heterocycles. The van der Waals surface area contributed by atoms with Gasteiger partial charge < -0.3 is 15.2 Å². The lowest BCUT2D eigenvalue weighted by Crippen LogP contribution is -2.36. The number of hydrogen-bond donors (Lipinski definition) is 2. The van der Waals surface area contributed by atoms with Gasteiger partial charge in [-0.05, 0) is 31.8 Å². The van der Waals surface area contributed by atoms with Crippen molar-refractivity contribution in [1.82, 2.24) is 15.2 Å². The molecule has 9 heteroatoms. The average Bonchev–Trinajstić information content (AvgIpc) is 2.54. The lowest BCUT2D eigenvalue weighted by molar-refractivity contribution is -0.385. The van der Waals surface area contributed by atoms with E-state index in [9.17, 15) is 24.1 Å². The summed E-state index contributed by atoms with van der Waals surface area (Å²) in [7, 11) is 3.53. The van der Waals surface area contributed by atoms with Gasteiger partial charge in [-0.15, -0.1) is 0 Å². The van der Waals surface area contributed by atoms with Crippen molar-refractivity contribution in [2.75, 3.05) is 20.6 Å². The number of halogens is 1. The van der Waals surface area contributed by atoms with E-state index in [1.165, 1.54) is 12.1 Å². The van der Waals surface area contributed by atoms with Crippen LogP contribution in [0.25, 0.3) is 0 Å². The van der Waals surface area contributed by atoms with Gasteiger partial charge in [0, 0.05) is 12.6 Å². The molecule has 1 unspecified atom stereocenters. The van der Waals surface area contributed by atoms with Crippen molar-refractivity contribution in [3.63, 3.8) is 0 Å². The molecule has 0 bridgehead atoms. The Hall–Kier alpha value is -3.07. The molecule has 2 aromatic rings. The zero-order valence-corrected chi connectivity index (χ0v) is 13.7. The van der Waals surface area contributed by atoms with Crippen molar-refractivity contribution >= 4 is 11.6 Å². The molecule has 0 saturated heterocycles. The fraction of sp³-hybridized carbons (Fsp3) is 0.250. The van der Waals surface area contributed by atoms with Crippen LogP contribution in [-0.2, 0) is 0 Å². The predicted octanol–water partition coefficient (Wildman–Crippen LogP) is 1.45. The monoisotopic (exact) mass is 348 g/mol. The average molecular weight is 348 g/mol. The van der Waals surface area contributed by atoms with Gasteiger partial charge in [0.05, 0.1) is 17.2 Å². The van der Waals surface area contributed by atoms with Crippen LogP contribution < -0.4 is 10.9 Å². The van der Waals surface area contributed by atoms with Crippen LogP contribution in [0.5, 0.6) is 0 Å². The maximum atomic E-state index is 13.4. The van der Waals surface area contributed by atoms with Gasteiger partial charge in [-0.2, -0.15) is 0 Å². The maximum Gasteiger partial charge on any atom is 0.286 e. The molecule has 2 rings (SSSR count). The summed E-state index contributed by atoms with van der Waals surface area (Å²) in [5.41, 5.74) is -0.821. The molecule has 1 atom stereocenters. The van der Waals surface area contributed by atoms with Crippen molar-refractivity contribution in [2.24, 2.45) is 0 Å². The van der Waals surface area contributed by atoms with Gasteiger partial charge in [0.2, 0.25) is 0 Å². The first-order chi connectivity index (χ1) is 11.8. The number of amides is 1. The zero-order chi connectivity index (χ0) is 18.6. The Balaban J connectivity index is 2.18. The number of H-pyrrole nitrogens is 1. The Morgan fingerprint density at radius 2 is 2.12 bits per heavy atom. The number of aromatic nitrogens is 1. The van der Waals surface area contributed by atoms with Crippen LogP contribution in [-0.4, -0.2) is 41.4 Å². The van der Waals surface area contributed by atoms with Gasteiger partial charge in [-0.1, -0.05) is 12.1 Å². The van der Waals surface area contributed by atoms with Gasteiger partial charge in [0.15, 0.2) is 0 Å². The molecule has 0 saturated carbocycles. The number of likely N-dealkylation sites (N-methyl/N-ethyl adjacent to an activating group) is 1. The Kier molecular flexibility index (Phi) is 5.60. The molecule has 132 valence electrons. The highest BCUT2D eigenvalue weighted by Crippen LogP contribution is 2.18. The largest absolute Gasteiger partial charge is 0.350 e. The van der Waals surface area contributed by atoms with Crippen LogP contribution in [0, 0.1) is 15.9 Å². The van der Waals surface area contributed by atoms with Crippen molar-refractivity contribution in [3.05, 3.63) is 73.9 Å². The van der Waals surface area contributed by atoms with Gasteiger partial charge >= 0.3 is 0 Å². The number of benzene rings is 1. The van der Waals surface area contributed by atoms with E-state index in [1.54, 1.807) is 31.1 Å². The van der Waals surface area contributed by atoms with E-state index in [2.05, 4.69) is 10.3 Å². The Labute approximate surface area is 142 Å². The molecule has 0 aliphatic heterocycles. The highest BCUT2D eigenvalue weighted by atomic mass is 19.1. The van der Waals surface area contributed by atoms with Crippen LogP contribution >= 0.6 is 0 Å². The van der Waals surface area contributed by atoms with Crippen LogP contribution in [0.1, 0.15) is 22.0 Å².